The topological polar surface area (TPSA) is 166 Å². The monoisotopic (exact) mass is 520 g/mol. The van der Waals surface area contributed by atoms with Gasteiger partial charge in [0.05, 0.1) is 25.2 Å². The predicted octanol–water partition coefficient (Wildman–Crippen LogP) is 2.29. The number of thiocarbonyl (C=S) groups is 1. The van der Waals surface area contributed by atoms with Gasteiger partial charge in [-0.2, -0.15) is 0 Å². The molecule has 1 aliphatic heterocycles. The Morgan fingerprint density at radius 3 is 2.80 bits per heavy atom. The standard InChI is InChI=1S/C21H25N6O6PS/c1-30-17(28)9-26-34(29,33-13-5-3-2-4-6-13)31-11-14-7-8-16(32-14)27-10-15(20(23)35)18-19(22)24-12-25-21(18)27/h2-6,10,12,14,16H,7-9,11H2,1H3,(H2,23,35)(H,26,29)(H2,22,24,25). The summed E-state index contributed by atoms with van der Waals surface area (Å²) in [6.45, 7) is -0.402. The third-order valence-corrected chi connectivity index (χ3v) is 7.05. The number of hydrogen-bond acceptors (Lipinski definition) is 10. The van der Waals surface area contributed by atoms with Gasteiger partial charge in [-0.1, -0.05) is 30.4 Å². The van der Waals surface area contributed by atoms with Gasteiger partial charge in [0.2, 0.25) is 0 Å². The summed E-state index contributed by atoms with van der Waals surface area (Å²) in [5, 5.41) is 3.09. The average Bonchev–Trinajstić information content (AvgIpc) is 3.47. The molecule has 1 aliphatic rings. The molecule has 3 unspecified atom stereocenters. The highest BCUT2D eigenvalue weighted by Crippen LogP contribution is 2.45. The summed E-state index contributed by atoms with van der Waals surface area (Å²) in [5.41, 5.74) is 13.0. The maximum atomic E-state index is 13.3. The number of fused-ring (bicyclic) bond motifs is 1. The SMILES string of the molecule is COC(=O)CNP(=O)(OCC1CCC(n2cc(C(N)=S)c3c(N)ncnc32)O1)Oc1ccccc1. The van der Waals surface area contributed by atoms with E-state index in [0.717, 1.165) is 0 Å². The fourth-order valence-electron chi connectivity index (χ4n) is 3.67. The van der Waals surface area contributed by atoms with E-state index in [0.29, 0.717) is 35.2 Å². The second-order valence-electron chi connectivity index (χ2n) is 7.67. The molecule has 0 radical (unpaired) electrons. The summed E-state index contributed by atoms with van der Waals surface area (Å²) in [7, 11) is -2.69. The number of nitrogens with two attached hydrogens (primary N) is 2. The van der Waals surface area contributed by atoms with Gasteiger partial charge in [0.25, 0.3) is 0 Å². The van der Waals surface area contributed by atoms with Gasteiger partial charge in [0.1, 0.15) is 41.3 Å². The minimum atomic E-state index is -3.92. The highest BCUT2D eigenvalue weighted by Gasteiger charge is 2.34. The fraction of sp³-hybridized carbons (Fsp3) is 0.333. The average molecular weight is 521 g/mol. The highest BCUT2D eigenvalue weighted by molar-refractivity contribution is 7.80. The molecule has 0 amide bonds. The molecule has 0 saturated carbocycles. The van der Waals surface area contributed by atoms with Crippen molar-refractivity contribution in [2.45, 2.75) is 25.2 Å². The first-order chi connectivity index (χ1) is 16.8. The van der Waals surface area contributed by atoms with Crippen molar-refractivity contribution < 1.29 is 27.9 Å². The number of carbonyl (C=O) groups excluding carboxylic acids is 1. The molecule has 5 N–H and O–H groups in total. The first-order valence-electron chi connectivity index (χ1n) is 10.7. The Hall–Kier alpha value is -3.09. The number of nitrogens with zero attached hydrogens (tertiary/aromatic N) is 3. The Labute approximate surface area is 206 Å². The van der Waals surface area contributed by atoms with Gasteiger partial charge in [-0.15, -0.1) is 0 Å². The number of hydrogen-bond donors (Lipinski definition) is 3. The first-order valence-corrected chi connectivity index (χ1v) is 12.6. The Bertz CT molecular complexity index is 1270. The number of ether oxygens (including phenoxy) is 2. The van der Waals surface area contributed by atoms with E-state index in [2.05, 4.69) is 19.8 Å². The molecular weight excluding hydrogens is 495 g/mol. The number of anilines is 1. The number of carbonyl (C=O) groups is 1. The lowest BCUT2D eigenvalue weighted by molar-refractivity contribution is -0.139. The van der Waals surface area contributed by atoms with Crippen molar-refractivity contribution in [1.82, 2.24) is 19.6 Å². The zero-order valence-corrected chi connectivity index (χ0v) is 20.5. The van der Waals surface area contributed by atoms with E-state index < -0.39 is 26.0 Å². The van der Waals surface area contributed by atoms with Crippen LogP contribution < -0.4 is 21.1 Å². The van der Waals surface area contributed by atoms with Crippen LogP contribution in [0.5, 0.6) is 5.75 Å². The van der Waals surface area contributed by atoms with Crippen LogP contribution in [0.25, 0.3) is 11.0 Å². The molecular formula is C21H25N6O6PS. The maximum absolute atomic E-state index is 13.3. The molecule has 0 spiro atoms. The lowest BCUT2D eigenvalue weighted by atomic mass is 10.2. The maximum Gasteiger partial charge on any atom is 0.459 e. The Morgan fingerprint density at radius 2 is 2.09 bits per heavy atom. The summed E-state index contributed by atoms with van der Waals surface area (Å²) >= 11 is 5.16. The third-order valence-electron chi connectivity index (χ3n) is 5.34. The first kappa shape index (κ1) is 25.0. The number of esters is 1. The van der Waals surface area contributed by atoms with E-state index in [-0.39, 0.29) is 24.0 Å². The molecule has 3 heterocycles. The largest absolute Gasteiger partial charge is 0.468 e. The van der Waals surface area contributed by atoms with Crippen LogP contribution in [0, 0.1) is 0 Å². The van der Waals surface area contributed by atoms with Crippen molar-refractivity contribution in [3.63, 3.8) is 0 Å². The number of benzene rings is 1. The molecule has 1 saturated heterocycles. The van der Waals surface area contributed by atoms with E-state index in [4.69, 9.17) is 37.5 Å². The molecule has 1 aromatic carbocycles. The summed E-state index contributed by atoms with van der Waals surface area (Å²) < 4.78 is 37.1. The van der Waals surface area contributed by atoms with Crippen molar-refractivity contribution in [1.29, 1.82) is 0 Å². The second kappa shape index (κ2) is 10.7. The summed E-state index contributed by atoms with van der Waals surface area (Å²) in [5.74, 6) is -0.0260. The molecule has 0 bridgehead atoms. The van der Waals surface area contributed by atoms with Crippen LogP contribution in [0.3, 0.4) is 0 Å². The molecule has 3 atom stereocenters. The molecule has 14 heteroatoms. The summed E-state index contributed by atoms with van der Waals surface area (Å²) in [6.07, 6.45) is 3.52. The van der Waals surface area contributed by atoms with Gasteiger partial charge in [-0.25, -0.2) is 19.6 Å². The summed E-state index contributed by atoms with van der Waals surface area (Å²) in [6, 6.07) is 8.50. The van der Waals surface area contributed by atoms with Gasteiger partial charge in [0, 0.05) is 11.8 Å². The van der Waals surface area contributed by atoms with Gasteiger partial charge in [0.15, 0.2) is 0 Å². The van der Waals surface area contributed by atoms with Crippen molar-refractivity contribution in [3.05, 3.63) is 48.4 Å². The molecule has 3 aromatic rings. The number of para-hydroxylation sites is 1. The Kier molecular flexibility index (Phi) is 7.63. The lowest BCUT2D eigenvalue weighted by Crippen LogP contribution is -2.26. The minimum Gasteiger partial charge on any atom is -0.468 e. The summed E-state index contributed by atoms with van der Waals surface area (Å²) in [4.78, 5) is 20.1. The van der Waals surface area contributed by atoms with Crippen LogP contribution in [-0.4, -0.2) is 51.9 Å². The van der Waals surface area contributed by atoms with E-state index in [1.165, 1.54) is 13.4 Å². The molecule has 186 valence electrons. The van der Waals surface area contributed by atoms with Crippen LogP contribution in [0.4, 0.5) is 5.82 Å². The van der Waals surface area contributed by atoms with Crippen LogP contribution in [0.15, 0.2) is 42.9 Å². The number of nitrogen functional groups attached to an aromatic ring is 1. The number of rotatable bonds is 10. The normalized spacial score (nSPS) is 19.3. The number of aromatic nitrogens is 3. The smallest absolute Gasteiger partial charge is 0.459 e. The molecule has 2 aromatic heterocycles. The van der Waals surface area contributed by atoms with Crippen molar-refractivity contribution >= 4 is 47.8 Å². The van der Waals surface area contributed by atoms with E-state index in [1.807, 2.05) is 0 Å². The highest BCUT2D eigenvalue weighted by atomic mass is 32.1. The minimum absolute atomic E-state index is 0.0483. The zero-order valence-electron chi connectivity index (χ0n) is 18.8. The molecule has 35 heavy (non-hydrogen) atoms. The lowest BCUT2D eigenvalue weighted by Gasteiger charge is -2.21. The van der Waals surface area contributed by atoms with E-state index >= 15 is 0 Å². The van der Waals surface area contributed by atoms with Crippen LogP contribution >= 0.6 is 20.0 Å². The van der Waals surface area contributed by atoms with Gasteiger partial charge >= 0.3 is 13.7 Å². The third kappa shape index (κ3) is 5.77. The molecule has 4 rings (SSSR count). The number of nitrogens with one attached hydrogen (secondary N) is 1. The van der Waals surface area contributed by atoms with Crippen LogP contribution in [0.2, 0.25) is 0 Å². The Morgan fingerprint density at radius 1 is 1.31 bits per heavy atom. The van der Waals surface area contributed by atoms with Gasteiger partial charge in [-0.05, 0) is 25.0 Å². The molecule has 1 fully saturated rings. The molecule has 12 nitrogen and oxygen atoms in total. The van der Waals surface area contributed by atoms with Gasteiger partial charge in [-0.3, -0.25) is 9.32 Å². The van der Waals surface area contributed by atoms with Crippen molar-refractivity contribution in [3.8, 4) is 5.75 Å². The van der Waals surface area contributed by atoms with Crippen LogP contribution in [0.1, 0.15) is 24.6 Å². The van der Waals surface area contributed by atoms with Gasteiger partial charge < -0.3 is 30.0 Å². The predicted molar refractivity (Wildman–Crippen MR) is 132 cm³/mol. The number of methoxy groups -OCH3 is 1. The second-order valence-corrected chi connectivity index (χ2v) is 9.86. The van der Waals surface area contributed by atoms with E-state index in [9.17, 15) is 9.36 Å². The van der Waals surface area contributed by atoms with E-state index in [1.54, 1.807) is 41.1 Å². The fourth-order valence-corrected chi connectivity index (χ4v) is 5.12. The van der Waals surface area contributed by atoms with Crippen molar-refractivity contribution in [2.75, 3.05) is 26.0 Å². The van der Waals surface area contributed by atoms with Crippen molar-refractivity contribution in [2.24, 2.45) is 5.73 Å². The molecule has 0 aliphatic carbocycles. The quantitative estimate of drug-likeness (QED) is 0.203. The van der Waals surface area contributed by atoms with Crippen LogP contribution in [-0.2, 0) is 23.4 Å². The zero-order chi connectivity index (χ0) is 25.0. The Balaban J connectivity index is 1.46.